The lowest BCUT2D eigenvalue weighted by Crippen LogP contribution is -2.37. The molecule has 0 aromatic heterocycles. The molecule has 11 heteroatoms. The summed E-state index contributed by atoms with van der Waals surface area (Å²) in [6.45, 7) is -1.03. The summed E-state index contributed by atoms with van der Waals surface area (Å²) in [4.78, 5) is 3.23. The number of amidine groups is 1. The fraction of sp³-hybridized carbons (Fsp3) is 0.600. The van der Waals surface area contributed by atoms with Crippen molar-refractivity contribution in [3.8, 4) is 0 Å². The minimum atomic E-state index is -5.74. The van der Waals surface area contributed by atoms with Crippen LogP contribution in [0, 0.1) is 5.41 Å². The van der Waals surface area contributed by atoms with Crippen LogP contribution in [0.5, 0.6) is 0 Å². The highest BCUT2D eigenvalue weighted by molar-refractivity contribution is 6.04. The van der Waals surface area contributed by atoms with Crippen molar-refractivity contribution in [2.24, 2.45) is 16.5 Å². The molecule has 0 atom stereocenters. The van der Waals surface area contributed by atoms with Crippen molar-refractivity contribution in [1.29, 1.82) is 5.41 Å². The van der Waals surface area contributed by atoms with E-state index in [9.17, 15) is 30.7 Å². The number of nitrogens with zero attached hydrogens (tertiary/aromatic N) is 1. The highest BCUT2D eigenvalue weighted by Gasteiger charge is 2.56. The lowest BCUT2D eigenvalue weighted by atomic mass is 10.2. The molecule has 0 rings (SSSR count). The van der Waals surface area contributed by atoms with E-state index in [1.807, 2.05) is 0 Å². The highest BCUT2D eigenvalue weighted by atomic mass is 19.4. The summed E-state index contributed by atoms with van der Waals surface area (Å²) in [6, 6.07) is 0. The van der Waals surface area contributed by atoms with Gasteiger partial charge in [-0.2, -0.15) is 22.0 Å². The smallest absolute Gasteiger partial charge is 0.396 e. The van der Waals surface area contributed by atoms with Gasteiger partial charge < -0.3 is 11.5 Å². The van der Waals surface area contributed by atoms with Gasteiger partial charge in [0.15, 0.2) is 0 Å². The molecule has 5 N–H and O–H groups in total. The Bertz CT molecular complexity index is 426. The maximum atomic E-state index is 12.6. The lowest BCUT2D eigenvalue weighted by Gasteiger charge is -2.18. The maximum Gasteiger partial charge on any atom is 0.453 e. The minimum Gasteiger partial charge on any atom is -0.396 e. The lowest BCUT2D eigenvalue weighted by molar-refractivity contribution is -0.283. The predicted octanol–water partition coefficient (Wildman–Crippen LogP) is 2.45. The van der Waals surface area contributed by atoms with E-state index in [2.05, 4.69) is 4.99 Å². The minimum absolute atomic E-state index is 0.447. The molecular formula is C10H13F7N4. The van der Waals surface area contributed by atoms with Crippen molar-refractivity contribution < 1.29 is 30.7 Å². The number of nitrogens with two attached hydrogens (primary N) is 2. The van der Waals surface area contributed by atoms with Gasteiger partial charge in [-0.1, -0.05) is 0 Å². The molecule has 122 valence electrons. The van der Waals surface area contributed by atoms with Gasteiger partial charge in [-0.05, 0) is 6.08 Å². The molecule has 0 amide bonds. The van der Waals surface area contributed by atoms with Gasteiger partial charge in [0.25, 0.3) is 0 Å². The fourth-order valence-electron chi connectivity index (χ4n) is 1.07. The van der Waals surface area contributed by atoms with E-state index in [4.69, 9.17) is 16.9 Å². The van der Waals surface area contributed by atoms with Gasteiger partial charge in [0.2, 0.25) is 6.43 Å². The summed E-state index contributed by atoms with van der Waals surface area (Å²) in [7, 11) is 0. The first-order valence-electron chi connectivity index (χ1n) is 5.44. The van der Waals surface area contributed by atoms with Gasteiger partial charge in [-0.25, -0.2) is 8.78 Å². The molecule has 0 heterocycles. The molecule has 0 bridgehead atoms. The number of hydrogen-bond donors (Lipinski definition) is 3. The molecule has 0 aromatic carbocycles. The zero-order valence-corrected chi connectivity index (χ0v) is 10.5. The largest absolute Gasteiger partial charge is 0.453 e. The number of nitrogens with one attached hydrogen (secondary N) is 1. The summed E-state index contributed by atoms with van der Waals surface area (Å²) >= 11 is 0. The third-order valence-corrected chi connectivity index (χ3v) is 2.15. The van der Waals surface area contributed by atoms with Crippen LogP contribution in [0.3, 0.4) is 0 Å². The van der Waals surface area contributed by atoms with E-state index in [0.717, 1.165) is 6.08 Å². The summed E-state index contributed by atoms with van der Waals surface area (Å²) in [5.74, 6) is -5.64. The van der Waals surface area contributed by atoms with Crippen LogP contribution >= 0.6 is 0 Å². The monoisotopic (exact) mass is 322 g/mol. The third kappa shape index (κ3) is 6.95. The standard InChI is InChI=1S/C10H13F7N4/c11-7(12)4-5(3-6(18)8(19)20)21-2-1-9(13,14)10(15,16)17/h3,7H,1-2,4,18H2,(H3,19,20). The van der Waals surface area contributed by atoms with Crippen molar-refractivity contribution >= 4 is 11.5 Å². The van der Waals surface area contributed by atoms with E-state index < -0.39 is 55.2 Å². The summed E-state index contributed by atoms with van der Waals surface area (Å²) in [5.41, 5.74) is 9.16. The first-order valence-corrected chi connectivity index (χ1v) is 5.44. The van der Waals surface area contributed by atoms with E-state index in [1.165, 1.54) is 0 Å². The molecule has 0 spiro atoms. The molecule has 0 aromatic rings. The van der Waals surface area contributed by atoms with Crippen molar-refractivity contribution in [3.63, 3.8) is 0 Å². The molecule has 0 saturated carbocycles. The fourth-order valence-corrected chi connectivity index (χ4v) is 1.07. The molecule has 0 unspecified atom stereocenters. The third-order valence-electron chi connectivity index (χ3n) is 2.15. The molecule has 4 nitrogen and oxygen atoms in total. The van der Waals surface area contributed by atoms with Crippen LogP contribution in [-0.4, -0.2) is 36.6 Å². The van der Waals surface area contributed by atoms with Gasteiger partial charge in [0.05, 0.1) is 12.1 Å². The molecule has 0 aliphatic rings. The molecule has 0 aliphatic heterocycles. The topological polar surface area (TPSA) is 88.2 Å². The Balaban J connectivity index is 4.96. The van der Waals surface area contributed by atoms with E-state index in [0.29, 0.717) is 0 Å². The van der Waals surface area contributed by atoms with Crippen molar-refractivity contribution in [1.82, 2.24) is 0 Å². The van der Waals surface area contributed by atoms with E-state index in [-0.39, 0.29) is 0 Å². The molecule has 21 heavy (non-hydrogen) atoms. The second-order valence-electron chi connectivity index (χ2n) is 3.93. The first kappa shape index (κ1) is 19.2. The van der Waals surface area contributed by atoms with E-state index in [1.54, 1.807) is 0 Å². The summed E-state index contributed by atoms with van der Waals surface area (Å²) in [5, 5.41) is 6.91. The van der Waals surface area contributed by atoms with Crippen molar-refractivity contribution in [2.45, 2.75) is 31.4 Å². The number of alkyl halides is 7. The molecule has 0 aliphatic carbocycles. The summed E-state index contributed by atoms with van der Waals surface area (Å²) < 4.78 is 85.3. The summed E-state index contributed by atoms with van der Waals surface area (Å²) in [6.07, 6.45) is -10.6. The van der Waals surface area contributed by atoms with Gasteiger partial charge in [-0.3, -0.25) is 10.4 Å². The first-order chi connectivity index (χ1) is 9.36. The number of aliphatic imine (C=N–C) groups is 1. The normalized spacial score (nSPS) is 14.7. The van der Waals surface area contributed by atoms with Crippen LogP contribution in [0.4, 0.5) is 30.7 Å². The van der Waals surface area contributed by atoms with Gasteiger partial charge in [-0.15, -0.1) is 0 Å². The Kier molecular flexibility index (Phi) is 6.64. The quantitative estimate of drug-likeness (QED) is 0.382. The van der Waals surface area contributed by atoms with Crippen molar-refractivity contribution in [2.75, 3.05) is 6.54 Å². The van der Waals surface area contributed by atoms with E-state index >= 15 is 0 Å². The zero-order valence-electron chi connectivity index (χ0n) is 10.5. The molecule has 0 fully saturated rings. The van der Waals surface area contributed by atoms with Gasteiger partial charge in [0, 0.05) is 18.7 Å². The second kappa shape index (κ2) is 7.27. The maximum absolute atomic E-state index is 12.6. The number of allylic oxidation sites excluding steroid dienone is 1. The average Bonchev–Trinajstić information content (AvgIpc) is 2.25. The average molecular weight is 322 g/mol. The van der Waals surface area contributed by atoms with Crippen LogP contribution in [-0.2, 0) is 0 Å². The SMILES string of the molecule is N=C(N)C(N)=CC(CC(F)F)=NCCC(F)(F)C(F)(F)F. The molecule has 0 saturated heterocycles. The second-order valence-corrected chi connectivity index (χ2v) is 3.93. The number of halogens is 7. The van der Waals surface area contributed by atoms with Crippen LogP contribution in [0.1, 0.15) is 12.8 Å². The predicted molar refractivity (Wildman–Crippen MR) is 62.7 cm³/mol. The Hall–Kier alpha value is -1.81. The van der Waals surface area contributed by atoms with Crippen molar-refractivity contribution in [3.05, 3.63) is 11.8 Å². The van der Waals surface area contributed by atoms with Crippen LogP contribution < -0.4 is 11.5 Å². The highest BCUT2D eigenvalue weighted by Crippen LogP contribution is 2.37. The van der Waals surface area contributed by atoms with Crippen LogP contribution in [0.15, 0.2) is 16.8 Å². The van der Waals surface area contributed by atoms with Gasteiger partial charge in [0.1, 0.15) is 5.84 Å². The Morgan fingerprint density at radius 2 is 1.67 bits per heavy atom. The van der Waals surface area contributed by atoms with Crippen LogP contribution in [0.2, 0.25) is 0 Å². The molecular weight excluding hydrogens is 309 g/mol. The Morgan fingerprint density at radius 1 is 1.14 bits per heavy atom. The Labute approximate surface area is 115 Å². The Morgan fingerprint density at radius 3 is 2.05 bits per heavy atom. The zero-order chi connectivity index (χ0) is 16.8. The number of rotatable bonds is 7. The number of hydrogen-bond acceptors (Lipinski definition) is 3. The molecule has 0 radical (unpaired) electrons. The van der Waals surface area contributed by atoms with Crippen LogP contribution in [0.25, 0.3) is 0 Å². The van der Waals surface area contributed by atoms with Gasteiger partial charge >= 0.3 is 12.1 Å².